The number of nitrogens with zero attached hydrogens (tertiary/aromatic N) is 2. The van der Waals surface area contributed by atoms with Crippen LogP contribution >= 0.6 is 28.7 Å². The Bertz CT molecular complexity index is 563. The Labute approximate surface area is 131 Å². The summed E-state index contributed by atoms with van der Waals surface area (Å²) >= 11 is 1.30. The maximum Gasteiger partial charge on any atom is 0.183 e. The Morgan fingerprint density at radius 2 is 2.05 bits per heavy atom. The lowest BCUT2D eigenvalue weighted by atomic mass is 10.1. The third-order valence-electron chi connectivity index (χ3n) is 2.44. The number of hydrogen-bond donors (Lipinski definition) is 1. The van der Waals surface area contributed by atoms with Gasteiger partial charge in [0.2, 0.25) is 0 Å². The average Bonchev–Trinajstić information content (AvgIpc) is 2.97. The van der Waals surface area contributed by atoms with Crippen molar-refractivity contribution in [3.05, 3.63) is 30.1 Å². The molecule has 1 N–H and O–H groups in total. The number of ketones is 1. The van der Waals surface area contributed by atoms with Crippen LogP contribution < -0.4 is 9.47 Å². The molecule has 1 aromatic carbocycles. The van der Waals surface area contributed by atoms with Crippen molar-refractivity contribution in [2.75, 3.05) is 20.0 Å². The summed E-state index contributed by atoms with van der Waals surface area (Å²) in [6, 6.07) is 5.10. The van der Waals surface area contributed by atoms with Gasteiger partial charge in [-0.15, -0.1) is 17.0 Å². The second-order valence-corrected chi connectivity index (χ2v) is 4.54. The predicted molar refractivity (Wildman–Crippen MR) is 81.3 cm³/mol. The highest BCUT2D eigenvalue weighted by molar-refractivity contribution is 8.93. The Morgan fingerprint density at radius 1 is 1.30 bits per heavy atom. The summed E-state index contributed by atoms with van der Waals surface area (Å²) < 4.78 is 10.3. The Balaban J connectivity index is 0.00000200. The van der Waals surface area contributed by atoms with Crippen LogP contribution in [0.25, 0.3) is 0 Å². The molecule has 0 unspecified atom stereocenters. The smallest absolute Gasteiger partial charge is 0.183 e. The monoisotopic (exact) mass is 359 g/mol. The number of Topliss-reactive ketones (excluding diaryl/α,β-unsaturated/α-hetero) is 1. The highest BCUT2D eigenvalue weighted by atomic mass is 79.9. The van der Waals surface area contributed by atoms with Crippen LogP contribution in [0.5, 0.6) is 11.5 Å². The molecule has 0 fully saturated rings. The standard InChI is InChI=1S/C12H13N3O3S.BrH/c1-17-10-4-3-8(5-11(10)18-2)9(16)6-19-12-13-7-14-15-12;/h3-5,7H,6H2,1-2H3,(H,13,14,15);1H. The molecule has 0 saturated heterocycles. The number of nitrogens with one attached hydrogen (secondary N) is 1. The lowest BCUT2D eigenvalue weighted by molar-refractivity contribution is 0.102. The first-order valence-electron chi connectivity index (χ1n) is 5.48. The second-order valence-electron chi connectivity index (χ2n) is 3.57. The van der Waals surface area contributed by atoms with Crippen LogP contribution in [-0.2, 0) is 0 Å². The van der Waals surface area contributed by atoms with Crippen molar-refractivity contribution >= 4 is 34.5 Å². The fraction of sp³-hybridized carbons (Fsp3) is 0.250. The number of H-pyrrole nitrogens is 1. The molecule has 1 aromatic heterocycles. The van der Waals surface area contributed by atoms with E-state index in [0.717, 1.165) is 0 Å². The fourth-order valence-corrected chi connectivity index (χ4v) is 2.16. The normalized spacial score (nSPS) is 9.70. The number of aromatic nitrogens is 3. The Kier molecular flexibility index (Phi) is 6.53. The van der Waals surface area contributed by atoms with Gasteiger partial charge < -0.3 is 9.47 Å². The highest BCUT2D eigenvalue weighted by Crippen LogP contribution is 2.28. The molecular formula is C12H14BrN3O3S. The number of ether oxygens (including phenoxy) is 2. The van der Waals surface area contributed by atoms with E-state index in [2.05, 4.69) is 15.2 Å². The first-order chi connectivity index (χ1) is 9.24. The molecule has 0 atom stereocenters. The number of benzene rings is 1. The van der Waals surface area contributed by atoms with E-state index in [9.17, 15) is 4.79 Å². The van der Waals surface area contributed by atoms with Gasteiger partial charge in [-0.2, -0.15) is 5.10 Å². The number of aromatic amines is 1. The molecule has 6 nitrogen and oxygen atoms in total. The zero-order valence-electron chi connectivity index (χ0n) is 11.0. The van der Waals surface area contributed by atoms with Crippen LogP contribution in [0.1, 0.15) is 10.4 Å². The molecule has 2 rings (SSSR count). The number of carbonyl (C=O) groups excluding carboxylic acids is 1. The second kappa shape index (κ2) is 7.91. The van der Waals surface area contributed by atoms with Gasteiger partial charge in [-0.1, -0.05) is 11.8 Å². The van der Waals surface area contributed by atoms with E-state index in [1.165, 1.54) is 25.2 Å². The maximum atomic E-state index is 12.0. The molecule has 1 heterocycles. The van der Waals surface area contributed by atoms with Gasteiger partial charge in [0.1, 0.15) is 6.33 Å². The maximum absolute atomic E-state index is 12.0. The van der Waals surface area contributed by atoms with Crippen molar-refractivity contribution in [2.24, 2.45) is 0 Å². The van der Waals surface area contributed by atoms with Gasteiger partial charge in [-0.05, 0) is 18.2 Å². The number of methoxy groups -OCH3 is 2. The first-order valence-corrected chi connectivity index (χ1v) is 6.46. The van der Waals surface area contributed by atoms with Crippen molar-refractivity contribution in [1.29, 1.82) is 0 Å². The molecular weight excluding hydrogens is 346 g/mol. The van der Waals surface area contributed by atoms with Crippen LogP contribution in [0.4, 0.5) is 0 Å². The van der Waals surface area contributed by atoms with Crippen LogP contribution in [0, 0.1) is 0 Å². The molecule has 0 amide bonds. The minimum atomic E-state index is -0.0117. The average molecular weight is 360 g/mol. The van der Waals surface area contributed by atoms with Crippen molar-refractivity contribution in [3.63, 3.8) is 0 Å². The number of hydrogen-bond acceptors (Lipinski definition) is 6. The summed E-state index contributed by atoms with van der Waals surface area (Å²) in [6.07, 6.45) is 1.41. The molecule has 8 heteroatoms. The zero-order chi connectivity index (χ0) is 13.7. The molecule has 0 saturated carbocycles. The van der Waals surface area contributed by atoms with Crippen LogP contribution in [0.3, 0.4) is 0 Å². The fourth-order valence-electron chi connectivity index (χ4n) is 1.49. The summed E-state index contributed by atoms with van der Waals surface area (Å²) in [6.45, 7) is 0. The predicted octanol–water partition coefficient (Wildman–Crippen LogP) is 2.37. The Hall–Kier alpha value is -1.54. The van der Waals surface area contributed by atoms with E-state index in [-0.39, 0.29) is 28.5 Å². The molecule has 2 aromatic rings. The van der Waals surface area contributed by atoms with Gasteiger partial charge in [0, 0.05) is 5.56 Å². The van der Waals surface area contributed by atoms with E-state index in [1.54, 1.807) is 25.3 Å². The highest BCUT2D eigenvalue weighted by Gasteiger charge is 2.11. The van der Waals surface area contributed by atoms with Gasteiger partial charge >= 0.3 is 0 Å². The van der Waals surface area contributed by atoms with Gasteiger partial charge in [0.15, 0.2) is 22.4 Å². The van der Waals surface area contributed by atoms with Gasteiger partial charge in [0.25, 0.3) is 0 Å². The van der Waals surface area contributed by atoms with Crippen LogP contribution in [0.2, 0.25) is 0 Å². The summed E-state index contributed by atoms with van der Waals surface area (Å²) in [5.41, 5.74) is 0.574. The molecule has 0 bridgehead atoms. The molecule has 0 aliphatic heterocycles. The molecule has 0 aliphatic rings. The minimum absolute atomic E-state index is 0. The third-order valence-corrected chi connectivity index (χ3v) is 3.32. The number of halogens is 1. The lowest BCUT2D eigenvalue weighted by Gasteiger charge is -2.08. The van der Waals surface area contributed by atoms with E-state index in [4.69, 9.17) is 9.47 Å². The lowest BCUT2D eigenvalue weighted by Crippen LogP contribution is -2.03. The van der Waals surface area contributed by atoms with Crippen LogP contribution in [-0.4, -0.2) is 40.9 Å². The van der Waals surface area contributed by atoms with Crippen LogP contribution in [0.15, 0.2) is 29.7 Å². The molecule has 0 aliphatic carbocycles. The summed E-state index contributed by atoms with van der Waals surface area (Å²) in [4.78, 5) is 16.0. The molecule has 0 radical (unpaired) electrons. The van der Waals surface area contributed by atoms with E-state index >= 15 is 0 Å². The summed E-state index contributed by atoms with van der Waals surface area (Å²) in [5.74, 6) is 1.41. The molecule has 20 heavy (non-hydrogen) atoms. The SMILES string of the molecule is Br.COc1ccc(C(=O)CSc2ncn[nH]2)cc1OC. The van der Waals surface area contributed by atoms with Gasteiger partial charge in [0.05, 0.1) is 20.0 Å². The van der Waals surface area contributed by atoms with E-state index in [1.807, 2.05) is 0 Å². The Morgan fingerprint density at radius 3 is 2.65 bits per heavy atom. The minimum Gasteiger partial charge on any atom is -0.493 e. The third kappa shape index (κ3) is 3.97. The quantitative estimate of drug-likeness (QED) is 0.630. The van der Waals surface area contributed by atoms with Crippen molar-refractivity contribution in [1.82, 2.24) is 15.2 Å². The van der Waals surface area contributed by atoms with Gasteiger partial charge in [-0.3, -0.25) is 9.89 Å². The number of thioether (sulfide) groups is 1. The molecule has 108 valence electrons. The van der Waals surface area contributed by atoms with Crippen molar-refractivity contribution < 1.29 is 14.3 Å². The van der Waals surface area contributed by atoms with Gasteiger partial charge in [-0.25, -0.2) is 4.98 Å². The van der Waals surface area contributed by atoms with Crippen molar-refractivity contribution in [2.45, 2.75) is 5.16 Å². The van der Waals surface area contributed by atoms with Crippen molar-refractivity contribution in [3.8, 4) is 11.5 Å². The first kappa shape index (κ1) is 16.5. The largest absolute Gasteiger partial charge is 0.493 e. The zero-order valence-corrected chi connectivity index (χ0v) is 13.5. The van der Waals surface area contributed by atoms with E-state index in [0.29, 0.717) is 22.2 Å². The summed E-state index contributed by atoms with van der Waals surface area (Å²) in [7, 11) is 3.09. The van der Waals surface area contributed by atoms with E-state index < -0.39 is 0 Å². The summed E-state index contributed by atoms with van der Waals surface area (Å²) in [5, 5.41) is 7.03. The number of rotatable bonds is 6. The number of carbonyl (C=O) groups is 1. The molecule has 0 spiro atoms. The topological polar surface area (TPSA) is 77.1 Å².